The number of ether oxygens (including phenoxy) is 1. The van der Waals surface area contributed by atoms with Crippen LogP contribution >= 0.6 is 0 Å². The van der Waals surface area contributed by atoms with Crippen molar-refractivity contribution in [2.75, 3.05) is 5.73 Å². The number of nitrogen functional groups attached to an aromatic ring is 1. The van der Waals surface area contributed by atoms with Gasteiger partial charge in [0.15, 0.2) is 0 Å². The van der Waals surface area contributed by atoms with Crippen molar-refractivity contribution in [3.05, 3.63) is 47.9 Å². The number of aryl methyl sites for hydroxylation is 1. The van der Waals surface area contributed by atoms with E-state index in [1.165, 1.54) is 6.07 Å². The molecule has 2 aromatic rings. The highest BCUT2D eigenvalue weighted by Crippen LogP contribution is 2.22. The summed E-state index contributed by atoms with van der Waals surface area (Å²) >= 11 is 0. The van der Waals surface area contributed by atoms with Crippen LogP contribution in [0.2, 0.25) is 0 Å². The van der Waals surface area contributed by atoms with Crippen LogP contribution in [0.15, 0.2) is 36.5 Å². The van der Waals surface area contributed by atoms with Crippen LogP contribution in [0.3, 0.4) is 0 Å². The molecular formula is C12H11FN2O. The SMILES string of the molecule is Cc1cc(Oc2cc(N)ccn2)ccc1F. The van der Waals surface area contributed by atoms with E-state index in [1.807, 2.05) is 0 Å². The average molecular weight is 218 g/mol. The lowest BCUT2D eigenvalue weighted by atomic mass is 10.2. The number of nitrogens with zero attached hydrogens (tertiary/aromatic N) is 1. The Kier molecular flexibility index (Phi) is 2.72. The number of rotatable bonds is 2. The van der Waals surface area contributed by atoms with Gasteiger partial charge in [-0.25, -0.2) is 9.37 Å². The highest BCUT2D eigenvalue weighted by molar-refractivity contribution is 5.41. The average Bonchev–Trinajstić information content (AvgIpc) is 2.24. The molecule has 0 unspecified atom stereocenters. The molecule has 0 spiro atoms. The first-order valence-electron chi connectivity index (χ1n) is 4.81. The molecule has 0 saturated heterocycles. The molecule has 0 aliphatic carbocycles. The van der Waals surface area contributed by atoms with Gasteiger partial charge in [-0.15, -0.1) is 0 Å². The quantitative estimate of drug-likeness (QED) is 0.843. The maximum atomic E-state index is 13.0. The van der Waals surface area contributed by atoms with Crippen LogP contribution in [0, 0.1) is 12.7 Å². The largest absolute Gasteiger partial charge is 0.439 e. The van der Waals surface area contributed by atoms with E-state index in [-0.39, 0.29) is 5.82 Å². The van der Waals surface area contributed by atoms with Gasteiger partial charge in [0, 0.05) is 18.0 Å². The zero-order valence-corrected chi connectivity index (χ0v) is 8.77. The first-order valence-corrected chi connectivity index (χ1v) is 4.81. The summed E-state index contributed by atoms with van der Waals surface area (Å²) in [5, 5.41) is 0. The lowest BCUT2D eigenvalue weighted by Gasteiger charge is -2.06. The molecular weight excluding hydrogens is 207 g/mol. The summed E-state index contributed by atoms with van der Waals surface area (Å²) in [6.45, 7) is 1.68. The van der Waals surface area contributed by atoms with Crippen molar-refractivity contribution >= 4 is 5.69 Å². The van der Waals surface area contributed by atoms with Gasteiger partial charge in [0.25, 0.3) is 0 Å². The Labute approximate surface area is 92.7 Å². The number of anilines is 1. The lowest BCUT2D eigenvalue weighted by molar-refractivity contribution is 0.461. The summed E-state index contributed by atoms with van der Waals surface area (Å²) in [6, 6.07) is 7.80. The highest BCUT2D eigenvalue weighted by Gasteiger charge is 2.02. The van der Waals surface area contributed by atoms with Crippen molar-refractivity contribution in [3.63, 3.8) is 0 Å². The smallest absolute Gasteiger partial charge is 0.221 e. The van der Waals surface area contributed by atoms with Crippen LogP contribution in [0.25, 0.3) is 0 Å². The van der Waals surface area contributed by atoms with E-state index in [1.54, 1.807) is 37.4 Å². The molecule has 1 aromatic carbocycles. The maximum absolute atomic E-state index is 13.0. The Bertz CT molecular complexity index is 514. The van der Waals surface area contributed by atoms with Crippen molar-refractivity contribution in [2.24, 2.45) is 0 Å². The topological polar surface area (TPSA) is 48.1 Å². The Balaban J connectivity index is 2.24. The molecule has 82 valence electrons. The zero-order valence-electron chi connectivity index (χ0n) is 8.77. The fourth-order valence-corrected chi connectivity index (χ4v) is 1.28. The summed E-state index contributed by atoms with van der Waals surface area (Å²) in [7, 11) is 0. The predicted molar refractivity (Wildman–Crippen MR) is 59.9 cm³/mol. The molecule has 0 bridgehead atoms. The van der Waals surface area contributed by atoms with Crippen LogP contribution < -0.4 is 10.5 Å². The second kappa shape index (κ2) is 4.18. The van der Waals surface area contributed by atoms with Gasteiger partial charge in [0.1, 0.15) is 11.6 Å². The summed E-state index contributed by atoms with van der Waals surface area (Å²) in [6.07, 6.45) is 1.56. The Morgan fingerprint density at radius 3 is 2.75 bits per heavy atom. The number of nitrogens with two attached hydrogens (primary N) is 1. The number of hydrogen-bond donors (Lipinski definition) is 1. The third kappa shape index (κ3) is 2.28. The Morgan fingerprint density at radius 1 is 1.25 bits per heavy atom. The third-order valence-electron chi connectivity index (χ3n) is 2.11. The Morgan fingerprint density at radius 2 is 2.06 bits per heavy atom. The van der Waals surface area contributed by atoms with Gasteiger partial charge in [-0.3, -0.25) is 0 Å². The van der Waals surface area contributed by atoms with Crippen LogP contribution in [0.4, 0.5) is 10.1 Å². The summed E-state index contributed by atoms with van der Waals surface area (Å²) in [5.41, 5.74) is 6.69. The van der Waals surface area contributed by atoms with E-state index in [2.05, 4.69) is 4.98 Å². The normalized spacial score (nSPS) is 10.1. The molecule has 2 rings (SSSR count). The number of benzene rings is 1. The molecule has 0 aliphatic rings. The van der Waals surface area contributed by atoms with Crippen LogP contribution in [-0.4, -0.2) is 4.98 Å². The first-order chi connectivity index (χ1) is 7.65. The van der Waals surface area contributed by atoms with Gasteiger partial charge in [-0.2, -0.15) is 0 Å². The molecule has 1 aromatic heterocycles. The van der Waals surface area contributed by atoms with Crippen molar-refractivity contribution in [1.82, 2.24) is 4.98 Å². The van der Waals surface area contributed by atoms with Crippen LogP contribution in [0.5, 0.6) is 11.6 Å². The minimum atomic E-state index is -0.257. The maximum Gasteiger partial charge on any atom is 0.221 e. The van der Waals surface area contributed by atoms with Gasteiger partial charge in [-0.1, -0.05) is 0 Å². The molecule has 0 fully saturated rings. The molecule has 4 heteroatoms. The van der Waals surface area contributed by atoms with E-state index in [4.69, 9.17) is 10.5 Å². The molecule has 0 radical (unpaired) electrons. The van der Waals surface area contributed by atoms with Crippen molar-refractivity contribution < 1.29 is 9.13 Å². The van der Waals surface area contributed by atoms with E-state index in [0.29, 0.717) is 22.9 Å². The van der Waals surface area contributed by atoms with Crippen molar-refractivity contribution in [2.45, 2.75) is 6.92 Å². The molecule has 2 N–H and O–H groups in total. The van der Waals surface area contributed by atoms with E-state index in [0.717, 1.165) is 0 Å². The fraction of sp³-hybridized carbons (Fsp3) is 0.0833. The van der Waals surface area contributed by atoms with Crippen molar-refractivity contribution in [3.8, 4) is 11.6 Å². The fourth-order valence-electron chi connectivity index (χ4n) is 1.28. The van der Waals surface area contributed by atoms with Gasteiger partial charge in [0.2, 0.25) is 5.88 Å². The number of hydrogen-bond acceptors (Lipinski definition) is 3. The minimum Gasteiger partial charge on any atom is -0.439 e. The van der Waals surface area contributed by atoms with Crippen LogP contribution in [-0.2, 0) is 0 Å². The standard InChI is InChI=1S/C12H11FN2O/c1-8-6-10(2-3-11(8)13)16-12-7-9(14)4-5-15-12/h2-7H,1H3,(H2,14,15). The van der Waals surface area contributed by atoms with E-state index in [9.17, 15) is 4.39 Å². The van der Waals surface area contributed by atoms with E-state index >= 15 is 0 Å². The third-order valence-corrected chi connectivity index (χ3v) is 2.11. The molecule has 3 nitrogen and oxygen atoms in total. The molecule has 0 atom stereocenters. The molecule has 0 amide bonds. The summed E-state index contributed by atoms with van der Waals surface area (Å²) in [5.74, 6) is 0.677. The van der Waals surface area contributed by atoms with Gasteiger partial charge in [-0.05, 0) is 36.8 Å². The molecule has 16 heavy (non-hydrogen) atoms. The summed E-state index contributed by atoms with van der Waals surface area (Å²) in [4.78, 5) is 3.99. The van der Waals surface area contributed by atoms with Gasteiger partial charge >= 0.3 is 0 Å². The van der Waals surface area contributed by atoms with Crippen LogP contribution in [0.1, 0.15) is 5.56 Å². The lowest BCUT2D eigenvalue weighted by Crippen LogP contribution is -1.91. The number of pyridine rings is 1. The minimum absolute atomic E-state index is 0.257. The predicted octanol–water partition coefficient (Wildman–Crippen LogP) is 2.90. The highest BCUT2D eigenvalue weighted by atomic mass is 19.1. The van der Waals surface area contributed by atoms with Crippen molar-refractivity contribution in [1.29, 1.82) is 0 Å². The second-order valence-corrected chi connectivity index (χ2v) is 3.44. The zero-order chi connectivity index (χ0) is 11.5. The molecule has 0 saturated carbocycles. The van der Waals surface area contributed by atoms with Gasteiger partial charge < -0.3 is 10.5 Å². The summed E-state index contributed by atoms with van der Waals surface area (Å²) < 4.78 is 18.4. The molecule has 0 aliphatic heterocycles. The Hall–Kier alpha value is -2.10. The second-order valence-electron chi connectivity index (χ2n) is 3.44. The van der Waals surface area contributed by atoms with E-state index < -0.39 is 0 Å². The first kappa shape index (κ1) is 10.4. The van der Waals surface area contributed by atoms with Gasteiger partial charge in [0.05, 0.1) is 0 Å². The monoisotopic (exact) mass is 218 g/mol. The number of halogens is 1. The number of aromatic nitrogens is 1. The molecule has 1 heterocycles.